The van der Waals surface area contributed by atoms with E-state index in [0.29, 0.717) is 12.1 Å². The predicted octanol–water partition coefficient (Wildman–Crippen LogP) is -0.673. The number of isocyanates is 2. The summed E-state index contributed by atoms with van der Waals surface area (Å²) in [5.41, 5.74) is 0. The minimum atomic E-state index is 0.358. The molecule has 0 aromatic carbocycles. The Labute approximate surface area is 114 Å². The van der Waals surface area contributed by atoms with Crippen LogP contribution < -0.4 is 9.98 Å². The van der Waals surface area contributed by atoms with Crippen LogP contribution in [0.4, 0.5) is 0 Å². The number of nitrogens with one attached hydrogen (secondary N) is 2. The minimum Gasteiger partial charge on any atom is -0.163 e. The smallest absolute Gasteiger partial charge is 0.163 e. The van der Waals surface area contributed by atoms with Gasteiger partial charge in [-0.15, -0.1) is 0 Å². The Morgan fingerprint density at radius 2 is 1.05 bits per heavy atom. The molecule has 0 spiro atoms. The quantitative estimate of drug-likeness (QED) is 0.522. The van der Waals surface area contributed by atoms with Gasteiger partial charge in [0, 0.05) is 25.7 Å². The second-order valence-corrected chi connectivity index (χ2v) is 6.16. The monoisotopic (exact) mass is 264 g/mol. The first-order valence-corrected chi connectivity index (χ1v) is 7.57. The Kier molecular flexibility index (Phi) is 5.50. The van der Waals surface area contributed by atoms with Crippen LogP contribution >= 0.6 is 0 Å². The molecule has 2 rings (SSSR count). The SMILES string of the molecule is O=C=[NH+]C1CCC(CC2CCC([NH+]=C=O)CC2)CC1. The summed E-state index contributed by atoms with van der Waals surface area (Å²) < 4.78 is 0. The van der Waals surface area contributed by atoms with Crippen LogP contribution in [0.25, 0.3) is 0 Å². The van der Waals surface area contributed by atoms with Gasteiger partial charge >= 0.3 is 12.2 Å². The normalized spacial score (nSPS) is 34.9. The summed E-state index contributed by atoms with van der Waals surface area (Å²) in [6.07, 6.45) is 14.3. The van der Waals surface area contributed by atoms with Crippen LogP contribution in [-0.2, 0) is 9.59 Å². The lowest BCUT2D eigenvalue weighted by Crippen LogP contribution is -2.75. The summed E-state index contributed by atoms with van der Waals surface area (Å²) in [6, 6.07) is 0.716. The van der Waals surface area contributed by atoms with Crippen LogP contribution in [-0.4, -0.2) is 24.2 Å². The highest BCUT2D eigenvalue weighted by Crippen LogP contribution is 2.34. The topological polar surface area (TPSA) is 62.1 Å². The van der Waals surface area contributed by atoms with Crippen molar-refractivity contribution in [1.82, 2.24) is 0 Å². The molecule has 4 heteroatoms. The van der Waals surface area contributed by atoms with Crippen LogP contribution in [0.2, 0.25) is 0 Å². The fourth-order valence-electron chi connectivity index (χ4n) is 3.72. The molecule has 0 bridgehead atoms. The molecule has 0 aromatic rings. The van der Waals surface area contributed by atoms with Crippen molar-refractivity contribution >= 4 is 12.2 Å². The van der Waals surface area contributed by atoms with E-state index in [0.717, 1.165) is 37.5 Å². The molecule has 2 fully saturated rings. The van der Waals surface area contributed by atoms with Crippen LogP contribution in [0.3, 0.4) is 0 Å². The molecule has 19 heavy (non-hydrogen) atoms. The Hall–Kier alpha value is -1.24. The molecule has 4 nitrogen and oxygen atoms in total. The van der Waals surface area contributed by atoms with Gasteiger partial charge in [-0.2, -0.15) is 19.6 Å². The summed E-state index contributed by atoms with van der Waals surface area (Å²) in [4.78, 5) is 26.1. The zero-order chi connectivity index (χ0) is 13.5. The van der Waals surface area contributed by atoms with Crippen molar-refractivity contribution in [2.24, 2.45) is 11.8 Å². The van der Waals surface area contributed by atoms with Gasteiger partial charge in [-0.3, -0.25) is 0 Å². The highest BCUT2D eigenvalue weighted by molar-refractivity contribution is 5.23. The maximum Gasteiger partial charge on any atom is 0.422 e. The molecule has 2 aliphatic carbocycles. The first-order valence-electron chi connectivity index (χ1n) is 7.57. The predicted molar refractivity (Wildman–Crippen MR) is 69.4 cm³/mol. The van der Waals surface area contributed by atoms with Crippen molar-refractivity contribution in [2.75, 3.05) is 0 Å². The number of rotatable bonds is 4. The highest BCUT2D eigenvalue weighted by atomic mass is 16.1. The van der Waals surface area contributed by atoms with Crippen molar-refractivity contribution in [3.05, 3.63) is 0 Å². The second-order valence-electron chi connectivity index (χ2n) is 6.16. The van der Waals surface area contributed by atoms with E-state index < -0.39 is 0 Å². The first-order chi connectivity index (χ1) is 9.31. The molecule has 0 aliphatic heterocycles. The maximum atomic E-state index is 10.3. The zero-order valence-electron chi connectivity index (χ0n) is 11.5. The molecule has 2 saturated carbocycles. The first kappa shape index (κ1) is 14.2. The van der Waals surface area contributed by atoms with Crippen molar-refractivity contribution in [3.8, 4) is 0 Å². The zero-order valence-corrected chi connectivity index (χ0v) is 11.5. The molecule has 0 unspecified atom stereocenters. The summed E-state index contributed by atoms with van der Waals surface area (Å²) in [6.45, 7) is 0. The second kappa shape index (κ2) is 7.37. The Morgan fingerprint density at radius 3 is 1.37 bits per heavy atom. The fraction of sp³-hybridized carbons (Fsp3) is 0.867. The molecule has 0 amide bonds. The third-order valence-electron chi connectivity index (χ3n) is 4.89. The summed E-state index contributed by atoms with van der Waals surface area (Å²) >= 11 is 0. The lowest BCUT2D eigenvalue weighted by molar-refractivity contribution is -0.505. The van der Waals surface area contributed by atoms with Crippen molar-refractivity contribution in [1.29, 1.82) is 0 Å². The molecule has 104 valence electrons. The van der Waals surface area contributed by atoms with Crippen LogP contribution in [0.5, 0.6) is 0 Å². The molecule has 2 N–H and O–H groups in total. The lowest BCUT2D eigenvalue weighted by atomic mass is 9.76. The van der Waals surface area contributed by atoms with E-state index in [1.54, 1.807) is 0 Å². The molecule has 0 saturated heterocycles. The fourth-order valence-corrected chi connectivity index (χ4v) is 3.72. The van der Waals surface area contributed by atoms with Gasteiger partial charge in [0.1, 0.15) is 0 Å². The lowest BCUT2D eigenvalue weighted by Gasteiger charge is -2.29. The van der Waals surface area contributed by atoms with E-state index in [1.807, 2.05) is 12.2 Å². The van der Waals surface area contributed by atoms with Crippen molar-refractivity contribution in [3.63, 3.8) is 0 Å². The third kappa shape index (κ3) is 4.41. The van der Waals surface area contributed by atoms with Gasteiger partial charge in [-0.1, -0.05) is 0 Å². The molecule has 0 atom stereocenters. The van der Waals surface area contributed by atoms with Gasteiger partial charge in [0.15, 0.2) is 12.1 Å². The number of hydrogen-bond acceptors (Lipinski definition) is 2. The Balaban J connectivity index is 1.69. The van der Waals surface area contributed by atoms with E-state index in [4.69, 9.17) is 0 Å². The molecule has 0 aromatic heterocycles. The number of hydrogen-bond donors (Lipinski definition) is 2. The summed E-state index contributed by atoms with van der Waals surface area (Å²) in [7, 11) is 0. The Bertz CT molecular complexity index is 332. The molecular formula is C15H24N2O2+2. The molecular weight excluding hydrogens is 240 g/mol. The van der Waals surface area contributed by atoms with Crippen LogP contribution in [0, 0.1) is 11.8 Å². The van der Waals surface area contributed by atoms with Crippen LogP contribution in [0.15, 0.2) is 0 Å². The van der Waals surface area contributed by atoms with Crippen LogP contribution in [0.1, 0.15) is 57.8 Å². The van der Waals surface area contributed by atoms with Crippen molar-refractivity contribution in [2.45, 2.75) is 69.9 Å². The van der Waals surface area contributed by atoms with Gasteiger partial charge in [0.2, 0.25) is 0 Å². The van der Waals surface area contributed by atoms with Gasteiger partial charge in [-0.25, -0.2) is 0 Å². The molecule has 0 radical (unpaired) electrons. The van der Waals surface area contributed by atoms with E-state index in [9.17, 15) is 9.59 Å². The van der Waals surface area contributed by atoms with Gasteiger partial charge in [-0.05, 0) is 43.9 Å². The highest BCUT2D eigenvalue weighted by Gasteiger charge is 2.29. The van der Waals surface area contributed by atoms with Gasteiger partial charge in [0.25, 0.3) is 0 Å². The largest absolute Gasteiger partial charge is 0.422 e. The summed E-state index contributed by atoms with van der Waals surface area (Å²) in [5, 5.41) is 0. The Morgan fingerprint density at radius 1 is 0.684 bits per heavy atom. The van der Waals surface area contributed by atoms with Crippen molar-refractivity contribution < 1.29 is 19.6 Å². The maximum absolute atomic E-state index is 10.3. The van der Waals surface area contributed by atoms with E-state index >= 15 is 0 Å². The molecule has 2 aliphatic rings. The molecule has 0 heterocycles. The summed E-state index contributed by atoms with van der Waals surface area (Å²) in [5.74, 6) is 1.66. The van der Waals surface area contributed by atoms with E-state index in [-0.39, 0.29) is 0 Å². The minimum absolute atomic E-state index is 0.358. The third-order valence-corrected chi connectivity index (χ3v) is 4.89. The number of carbonyl (C=O) groups excluding carboxylic acids is 2. The average molecular weight is 264 g/mol. The van der Waals surface area contributed by atoms with E-state index in [1.165, 1.54) is 32.1 Å². The van der Waals surface area contributed by atoms with Gasteiger partial charge in [0.05, 0.1) is 0 Å². The van der Waals surface area contributed by atoms with E-state index in [2.05, 4.69) is 9.98 Å². The van der Waals surface area contributed by atoms with Gasteiger partial charge < -0.3 is 0 Å². The standard InChI is InChI=1S/C15H22N2O2/c18-10-16-14-5-1-12(2-6-14)9-13-3-7-15(8-4-13)17-11-19/h12-15H,1-9H2/p+2. The average Bonchev–Trinajstić information content (AvgIpc) is 2.44.